The van der Waals surface area contributed by atoms with Gasteiger partial charge in [0, 0.05) is 0 Å². The number of aryl methyl sites for hydroxylation is 2. The molecule has 0 saturated heterocycles. The number of hydrogen-bond acceptors (Lipinski definition) is 6. The monoisotopic (exact) mass is 360 g/mol. The molecule has 0 atom stereocenters. The Morgan fingerprint density at radius 3 is 1.64 bits per heavy atom. The number of thiazole rings is 2. The molecule has 0 bridgehead atoms. The van der Waals surface area contributed by atoms with Crippen molar-refractivity contribution >= 4 is 64.7 Å². The van der Waals surface area contributed by atoms with Gasteiger partial charge in [0.05, 0.1) is 20.4 Å². The predicted molar refractivity (Wildman–Crippen MR) is 100 cm³/mol. The largest absolute Gasteiger partial charge is 0.229 e. The highest BCUT2D eigenvalue weighted by atomic mass is 33.1. The zero-order valence-corrected chi connectivity index (χ0v) is 15.3. The third-order valence-electron chi connectivity index (χ3n) is 3.23. The Balaban J connectivity index is 1.56. The van der Waals surface area contributed by atoms with Crippen molar-refractivity contribution in [3.8, 4) is 0 Å². The first-order valence-electron chi connectivity index (χ1n) is 6.76. The Morgan fingerprint density at radius 2 is 1.18 bits per heavy atom. The maximum absolute atomic E-state index is 4.67. The number of hydrogen-bond donors (Lipinski definition) is 0. The van der Waals surface area contributed by atoms with Gasteiger partial charge >= 0.3 is 0 Å². The molecule has 6 heteroatoms. The van der Waals surface area contributed by atoms with Gasteiger partial charge in [-0.2, -0.15) is 0 Å². The summed E-state index contributed by atoms with van der Waals surface area (Å²) < 4.78 is 4.67. The first kappa shape index (κ1) is 14.5. The number of fused-ring (bicyclic) bond motifs is 2. The van der Waals surface area contributed by atoms with Gasteiger partial charge in [-0.15, -0.1) is 22.7 Å². The molecular weight excluding hydrogens is 348 g/mol. The summed E-state index contributed by atoms with van der Waals surface area (Å²) in [6.45, 7) is 4.23. The molecule has 2 nitrogen and oxygen atoms in total. The molecule has 0 radical (unpaired) electrons. The third kappa shape index (κ3) is 2.88. The second-order valence-corrected chi connectivity index (χ2v) is 9.75. The highest BCUT2D eigenvalue weighted by molar-refractivity contribution is 8.77. The van der Waals surface area contributed by atoms with Crippen molar-refractivity contribution in [3.63, 3.8) is 0 Å². The lowest BCUT2D eigenvalue weighted by atomic mass is 10.2. The summed E-state index contributed by atoms with van der Waals surface area (Å²) in [5.41, 5.74) is 4.72. The zero-order valence-electron chi connectivity index (χ0n) is 12.0. The van der Waals surface area contributed by atoms with Crippen LogP contribution in [-0.2, 0) is 0 Å². The second-order valence-electron chi connectivity index (χ2n) is 5.07. The van der Waals surface area contributed by atoms with Crippen molar-refractivity contribution in [2.45, 2.75) is 22.5 Å². The number of benzene rings is 2. The Kier molecular flexibility index (Phi) is 3.86. The van der Waals surface area contributed by atoms with Crippen LogP contribution in [0.25, 0.3) is 20.4 Å². The van der Waals surface area contributed by atoms with Crippen molar-refractivity contribution in [2.24, 2.45) is 0 Å². The smallest absolute Gasteiger partial charge is 0.162 e. The maximum Gasteiger partial charge on any atom is 0.162 e. The minimum Gasteiger partial charge on any atom is -0.229 e. The molecule has 0 unspecified atom stereocenters. The summed E-state index contributed by atoms with van der Waals surface area (Å²) in [6.07, 6.45) is 0. The van der Waals surface area contributed by atoms with Gasteiger partial charge in [-0.25, -0.2) is 9.97 Å². The van der Waals surface area contributed by atoms with Crippen LogP contribution in [-0.4, -0.2) is 9.97 Å². The molecule has 0 aliphatic rings. The van der Waals surface area contributed by atoms with Crippen LogP contribution in [0.5, 0.6) is 0 Å². The summed E-state index contributed by atoms with van der Waals surface area (Å²) in [5, 5.41) is 0. The lowest BCUT2D eigenvalue weighted by Gasteiger charge is -1.90. The minimum absolute atomic E-state index is 1.08. The van der Waals surface area contributed by atoms with E-state index in [-0.39, 0.29) is 0 Å². The first-order valence-corrected chi connectivity index (χ1v) is 10.5. The lowest BCUT2D eigenvalue weighted by molar-refractivity contribution is 1.30. The molecule has 0 aliphatic carbocycles. The normalized spacial score (nSPS) is 11.5. The summed E-state index contributed by atoms with van der Waals surface area (Å²) in [5.74, 6) is 0. The summed E-state index contributed by atoms with van der Waals surface area (Å²) in [7, 11) is 3.39. The quantitative estimate of drug-likeness (QED) is 0.399. The van der Waals surface area contributed by atoms with Crippen molar-refractivity contribution in [1.82, 2.24) is 9.97 Å². The predicted octanol–water partition coefficient (Wildman–Crippen LogP) is 6.32. The van der Waals surface area contributed by atoms with E-state index in [4.69, 9.17) is 0 Å². The standard InChI is InChI=1S/C16H12N2S4/c1-9-3-5-11-13(7-9)19-15(17-11)21-22-16-18-12-6-4-10(2)8-14(12)20-16/h3-8H,1-2H3. The van der Waals surface area contributed by atoms with Gasteiger partial charge in [0.2, 0.25) is 0 Å². The van der Waals surface area contributed by atoms with Gasteiger partial charge in [0.1, 0.15) is 0 Å². The molecule has 0 N–H and O–H groups in total. The Bertz CT molecular complexity index is 891. The number of aromatic nitrogens is 2. The van der Waals surface area contributed by atoms with E-state index in [1.807, 2.05) is 0 Å². The molecule has 2 aromatic heterocycles. The molecule has 4 aromatic rings. The van der Waals surface area contributed by atoms with Gasteiger partial charge < -0.3 is 0 Å². The Hall–Kier alpha value is -1.08. The van der Waals surface area contributed by atoms with Gasteiger partial charge in [-0.1, -0.05) is 12.1 Å². The van der Waals surface area contributed by atoms with Crippen molar-refractivity contribution < 1.29 is 0 Å². The fourth-order valence-electron chi connectivity index (χ4n) is 2.16. The van der Waals surface area contributed by atoms with Crippen LogP contribution in [0.2, 0.25) is 0 Å². The van der Waals surface area contributed by atoms with Crippen LogP contribution >= 0.6 is 44.3 Å². The average molecular weight is 361 g/mol. The van der Waals surface area contributed by atoms with Gasteiger partial charge in [-0.05, 0) is 70.8 Å². The van der Waals surface area contributed by atoms with Crippen molar-refractivity contribution in [1.29, 1.82) is 0 Å². The van der Waals surface area contributed by atoms with Crippen LogP contribution in [0.15, 0.2) is 45.1 Å². The van der Waals surface area contributed by atoms with E-state index in [1.54, 1.807) is 44.3 Å². The summed E-state index contributed by atoms with van der Waals surface area (Å²) >= 11 is 3.50. The molecule has 0 spiro atoms. The van der Waals surface area contributed by atoms with E-state index in [9.17, 15) is 0 Å². The van der Waals surface area contributed by atoms with E-state index in [2.05, 4.69) is 60.2 Å². The molecular formula is C16H12N2S4. The third-order valence-corrected chi connectivity index (χ3v) is 8.24. The van der Waals surface area contributed by atoms with Crippen LogP contribution < -0.4 is 0 Å². The van der Waals surface area contributed by atoms with Crippen LogP contribution in [0, 0.1) is 13.8 Å². The fourth-order valence-corrected chi connectivity index (χ4v) is 6.86. The van der Waals surface area contributed by atoms with Crippen molar-refractivity contribution in [3.05, 3.63) is 47.5 Å². The summed E-state index contributed by atoms with van der Waals surface area (Å²) in [6, 6.07) is 12.8. The molecule has 4 rings (SSSR count). The van der Waals surface area contributed by atoms with Gasteiger partial charge in [-0.3, -0.25) is 0 Å². The molecule has 0 aliphatic heterocycles. The first-order chi connectivity index (χ1) is 10.7. The van der Waals surface area contributed by atoms with E-state index >= 15 is 0 Å². The SMILES string of the molecule is Cc1ccc2nc(SSc3nc4ccc(C)cc4s3)sc2c1. The lowest BCUT2D eigenvalue weighted by Crippen LogP contribution is -1.71. The number of nitrogens with zero attached hydrogens (tertiary/aromatic N) is 2. The maximum atomic E-state index is 4.67. The molecule has 110 valence electrons. The van der Waals surface area contributed by atoms with E-state index in [1.165, 1.54) is 20.5 Å². The van der Waals surface area contributed by atoms with Gasteiger partial charge in [0.25, 0.3) is 0 Å². The molecule has 2 aromatic carbocycles. The van der Waals surface area contributed by atoms with Crippen LogP contribution in [0.4, 0.5) is 0 Å². The topological polar surface area (TPSA) is 25.8 Å². The number of rotatable bonds is 3. The van der Waals surface area contributed by atoms with E-state index in [0.717, 1.165) is 19.7 Å². The molecule has 22 heavy (non-hydrogen) atoms. The van der Waals surface area contributed by atoms with Crippen LogP contribution in [0.1, 0.15) is 11.1 Å². The second kappa shape index (κ2) is 5.85. The highest BCUT2D eigenvalue weighted by Gasteiger charge is 2.09. The molecule has 0 fully saturated rings. The van der Waals surface area contributed by atoms with Gasteiger partial charge in [0.15, 0.2) is 8.68 Å². The van der Waals surface area contributed by atoms with Crippen molar-refractivity contribution in [2.75, 3.05) is 0 Å². The molecule has 0 saturated carbocycles. The fraction of sp³-hybridized carbons (Fsp3) is 0.125. The van der Waals surface area contributed by atoms with E-state index < -0.39 is 0 Å². The molecule has 0 amide bonds. The highest BCUT2D eigenvalue weighted by Crippen LogP contribution is 2.43. The Labute approximate surface area is 144 Å². The Morgan fingerprint density at radius 1 is 0.727 bits per heavy atom. The zero-order chi connectivity index (χ0) is 15.1. The molecule has 2 heterocycles. The summed E-state index contributed by atoms with van der Waals surface area (Å²) in [4.78, 5) is 9.35. The average Bonchev–Trinajstić information content (AvgIpc) is 3.07. The van der Waals surface area contributed by atoms with E-state index in [0.29, 0.717) is 0 Å². The minimum atomic E-state index is 1.08. The van der Waals surface area contributed by atoms with Crippen LogP contribution in [0.3, 0.4) is 0 Å².